The molecule has 4 heteroatoms. The number of aryl methyl sites for hydroxylation is 1. The van der Waals surface area contributed by atoms with Crippen molar-refractivity contribution in [2.45, 2.75) is 26.3 Å². The molecule has 0 saturated heterocycles. The van der Waals surface area contributed by atoms with E-state index in [1.165, 1.54) is 12.1 Å². The van der Waals surface area contributed by atoms with E-state index in [1.807, 2.05) is 19.9 Å². The summed E-state index contributed by atoms with van der Waals surface area (Å²) in [4.78, 5) is 0. The summed E-state index contributed by atoms with van der Waals surface area (Å²) < 4.78 is 32.2. The number of benzene rings is 1. The molecular formula is C15H17F2NO. The Balaban J connectivity index is 2.36. The van der Waals surface area contributed by atoms with Crippen molar-refractivity contribution < 1.29 is 13.2 Å². The highest BCUT2D eigenvalue weighted by molar-refractivity contribution is 5.32. The van der Waals surface area contributed by atoms with Gasteiger partial charge >= 0.3 is 0 Å². The van der Waals surface area contributed by atoms with E-state index in [0.29, 0.717) is 5.56 Å². The predicted octanol–water partition coefficient (Wildman–Crippen LogP) is 3.96. The summed E-state index contributed by atoms with van der Waals surface area (Å²) in [6.45, 7) is 4.61. The molecule has 0 radical (unpaired) electrons. The third-order valence-corrected chi connectivity index (χ3v) is 2.96. The van der Waals surface area contributed by atoms with E-state index in [9.17, 15) is 8.78 Å². The first-order valence-electron chi connectivity index (χ1n) is 6.35. The van der Waals surface area contributed by atoms with Gasteiger partial charge in [-0.25, -0.2) is 8.78 Å². The van der Waals surface area contributed by atoms with Crippen molar-refractivity contribution in [2.75, 3.05) is 6.54 Å². The maximum atomic E-state index is 13.9. The van der Waals surface area contributed by atoms with Gasteiger partial charge in [-0.3, -0.25) is 0 Å². The monoisotopic (exact) mass is 265 g/mol. The molecule has 102 valence electrons. The summed E-state index contributed by atoms with van der Waals surface area (Å²) in [7, 11) is 0. The van der Waals surface area contributed by atoms with Gasteiger partial charge in [0.25, 0.3) is 0 Å². The van der Waals surface area contributed by atoms with Crippen LogP contribution in [-0.4, -0.2) is 6.54 Å². The summed E-state index contributed by atoms with van der Waals surface area (Å²) in [6, 6.07) is 5.18. The zero-order chi connectivity index (χ0) is 13.8. The standard InChI is InChI=1S/C15H17F2NO/c1-3-6-18-15(11-7-10(2)19-9-11)13-5-4-12(16)8-14(13)17/h4-5,7-9,15,18H,3,6H2,1-2H3. The van der Waals surface area contributed by atoms with Crippen molar-refractivity contribution in [3.63, 3.8) is 0 Å². The predicted molar refractivity (Wildman–Crippen MR) is 69.9 cm³/mol. The Morgan fingerprint density at radius 1 is 1.26 bits per heavy atom. The molecule has 2 rings (SSSR count). The van der Waals surface area contributed by atoms with Gasteiger partial charge in [-0.15, -0.1) is 0 Å². The quantitative estimate of drug-likeness (QED) is 0.885. The average molecular weight is 265 g/mol. The minimum absolute atomic E-state index is 0.321. The van der Waals surface area contributed by atoms with Crippen LogP contribution in [0.4, 0.5) is 8.78 Å². The van der Waals surface area contributed by atoms with Crippen molar-refractivity contribution in [2.24, 2.45) is 0 Å². The van der Waals surface area contributed by atoms with Crippen molar-refractivity contribution in [3.05, 3.63) is 59.1 Å². The summed E-state index contributed by atoms with van der Waals surface area (Å²) in [5, 5.41) is 3.25. The molecular weight excluding hydrogens is 248 g/mol. The number of furan rings is 1. The van der Waals surface area contributed by atoms with Crippen molar-refractivity contribution in [1.29, 1.82) is 0 Å². The van der Waals surface area contributed by atoms with Crippen LogP contribution in [-0.2, 0) is 0 Å². The SMILES string of the molecule is CCCNC(c1coc(C)c1)c1ccc(F)cc1F. The topological polar surface area (TPSA) is 25.2 Å². The molecule has 19 heavy (non-hydrogen) atoms. The fourth-order valence-corrected chi connectivity index (χ4v) is 2.05. The maximum Gasteiger partial charge on any atom is 0.131 e. The van der Waals surface area contributed by atoms with Crippen LogP contribution in [0.15, 0.2) is 34.9 Å². The Morgan fingerprint density at radius 2 is 2.05 bits per heavy atom. The average Bonchev–Trinajstić information content (AvgIpc) is 2.78. The molecule has 1 N–H and O–H groups in total. The van der Waals surface area contributed by atoms with Gasteiger partial charge < -0.3 is 9.73 Å². The van der Waals surface area contributed by atoms with Gasteiger partial charge in [0, 0.05) is 17.2 Å². The van der Waals surface area contributed by atoms with E-state index < -0.39 is 11.6 Å². The molecule has 2 aromatic rings. The minimum atomic E-state index is -0.570. The third-order valence-electron chi connectivity index (χ3n) is 2.96. The van der Waals surface area contributed by atoms with Crippen LogP contribution in [0.1, 0.15) is 36.3 Å². The lowest BCUT2D eigenvalue weighted by Crippen LogP contribution is -2.23. The minimum Gasteiger partial charge on any atom is -0.469 e. The van der Waals surface area contributed by atoms with Gasteiger partial charge in [0.2, 0.25) is 0 Å². The summed E-state index contributed by atoms with van der Waals surface area (Å²) >= 11 is 0. The zero-order valence-corrected chi connectivity index (χ0v) is 11.0. The Morgan fingerprint density at radius 3 is 2.63 bits per heavy atom. The first kappa shape index (κ1) is 13.7. The molecule has 0 amide bonds. The van der Waals surface area contributed by atoms with Crippen LogP contribution in [0, 0.1) is 18.6 Å². The molecule has 1 unspecified atom stereocenters. The van der Waals surface area contributed by atoms with E-state index in [-0.39, 0.29) is 6.04 Å². The summed E-state index contributed by atoms with van der Waals surface area (Å²) in [5.41, 5.74) is 1.27. The van der Waals surface area contributed by atoms with Crippen LogP contribution >= 0.6 is 0 Å². The molecule has 1 atom stereocenters. The fourth-order valence-electron chi connectivity index (χ4n) is 2.05. The second kappa shape index (κ2) is 5.97. The molecule has 0 aliphatic carbocycles. The van der Waals surface area contributed by atoms with Crippen LogP contribution in [0.2, 0.25) is 0 Å². The maximum absolute atomic E-state index is 13.9. The van der Waals surface area contributed by atoms with Gasteiger partial charge in [-0.1, -0.05) is 13.0 Å². The molecule has 0 spiro atoms. The molecule has 0 bridgehead atoms. The van der Waals surface area contributed by atoms with Gasteiger partial charge in [0.05, 0.1) is 12.3 Å². The molecule has 0 fully saturated rings. The molecule has 1 aromatic carbocycles. The van der Waals surface area contributed by atoms with E-state index >= 15 is 0 Å². The highest BCUT2D eigenvalue weighted by atomic mass is 19.1. The Bertz CT molecular complexity index is 551. The summed E-state index contributed by atoms with van der Waals surface area (Å²) in [6.07, 6.45) is 2.53. The Labute approximate surface area is 111 Å². The molecule has 2 nitrogen and oxygen atoms in total. The van der Waals surface area contributed by atoms with Gasteiger partial charge in [0.1, 0.15) is 17.4 Å². The smallest absolute Gasteiger partial charge is 0.131 e. The number of halogens is 2. The normalized spacial score (nSPS) is 12.6. The first-order chi connectivity index (χ1) is 9.11. The zero-order valence-electron chi connectivity index (χ0n) is 11.0. The van der Waals surface area contributed by atoms with Crippen molar-refractivity contribution in [1.82, 2.24) is 5.32 Å². The van der Waals surface area contributed by atoms with Crippen molar-refractivity contribution >= 4 is 0 Å². The molecule has 1 heterocycles. The largest absolute Gasteiger partial charge is 0.469 e. The van der Waals surface area contributed by atoms with Crippen LogP contribution in [0.3, 0.4) is 0 Å². The van der Waals surface area contributed by atoms with Crippen LogP contribution < -0.4 is 5.32 Å². The number of hydrogen-bond donors (Lipinski definition) is 1. The molecule has 1 aromatic heterocycles. The van der Waals surface area contributed by atoms with Crippen LogP contribution in [0.5, 0.6) is 0 Å². The van der Waals surface area contributed by atoms with Gasteiger partial charge in [0.15, 0.2) is 0 Å². The second-order valence-electron chi connectivity index (χ2n) is 4.54. The van der Waals surface area contributed by atoms with Crippen molar-refractivity contribution in [3.8, 4) is 0 Å². The molecule has 0 aliphatic rings. The molecule has 0 aliphatic heterocycles. The lowest BCUT2D eigenvalue weighted by molar-refractivity contribution is 0.513. The van der Waals surface area contributed by atoms with E-state index in [4.69, 9.17) is 4.42 Å². The third kappa shape index (κ3) is 3.20. The number of rotatable bonds is 5. The van der Waals surface area contributed by atoms with E-state index in [0.717, 1.165) is 30.4 Å². The lowest BCUT2D eigenvalue weighted by atomic mass is 10.00. The lowest BCUT2D eigenvalue weighted by Gasteiger charge is -2.18. The second-order valence-corrected chi connectivity index (χ2v) is 4.54. The highest BCUT2D eigenvalue weighted by Crippen LogP contribution is 2.26. The Kier molecular flexibility index (Phi) is 4.32. The fraction of sp³-hybridized carbons (Fsp3) is 0.333. The molecule has 0 saturated carbocycles. The highest BCUT2D eigenvalue weighted by Gasteiger charge is 2.19. The first-order valence-corrected chi connectivity index (χ1v) is 6.35. The van der Waals surface area contributed by atoms with E-state index in [2.05, 4.69) is 5.32 Å². The Hall–Kier alpha value is -1.68. The summed E-state index contributed by atoms with van der Waals surface area (Å²) in [5.74, 6) is -0.354. The van der Waals surface area contributed by atoms with E-state index in [1.54, 1.807) is 6.26 Å². The van der Waals surface area contributed by atoms with Crippen LogP contribution in [0.25, 0.3) is 0 Å². The number of hydrogen-bond acceptors (Lipinski definition) is 2. The van der Waals surface area contributed by atoms with Gasteiger partial charge in [-0.2, -0.15) is 0 Å². The van der Waals surface area contributed by atoms with Gasteiger partial charge in [-0.05, 0) is 32.0 Å². The number of nitrogens with one attached hydrogen (secondary N) is 1.